The molecular formula is C16H23N5O. The van der Waals surface area contributed by atoms with Crippen LogP contribution in [0.1, 0.15) is 17.6 Å². The maximum atomic E-state index is 5.93. The number of morpholine rings is 1. The van der Waals surface area contributed by atoms with E-state index in [-0.39, 0.29) is 6.10 Å². The Morgan fingerprint density at radius 1 is 1.36 bits per heavy atom. The second-order valence-electron chi connectivity index (χ2n) is 5.86. The standard InChI is InChI=1S/C16H23N5O/c1-19(2)15-6-4-5-13(18-15)14-11-21(9-10-22-14)12-16-17-7-8-20(16)3/h4-8,14H,9-12H2,1-3H3. The zero-order valence-corrected chi connectivity index (χ0v) is 13.4. The van der Waals surface area contributed by atoms with Crippen LogP contribution in [-0.4, -0.2) is 53.2 Å². The molecule has 0 N–H and O–H groups in total. The fraction of sp³-hybridized carbons (Fsp3) is 0.500. The van der Waals surface area contributed by atoms with Gasteiger partial charge in [0.25, 0.3) is 0 Å². The molecule has 22 heavy (non-hydrogen) atoms. The minimum absolute atomic E-state index is 0.0221. The topological polar surface area (TPSA) is 46.4 Å². The molecule has 0 saturated carbocycles. The number of ether oxygens (including phenoxy) is 1. The van der Waals surface area contributed by atoms with Gasteiger partial charge in [-0.2, -0.15) is 0 Å². The van der Waals surface area contributed by atoms with Crippen molar-refractivity contribution in [3.05, 3.63) is 42.1 Å². The minimum Gasteiger partial charge on any atom is -0.369 e. The Morgan fingerprint density at radius 2 is 2.23 bits per heavy atom. The molecule has 1 fully saturated rings. The molecule has 0 amide bonds. The third-order valence-electron chi connectivity index (χ3n) is 3.98. The molecule has 0 aliphatic carbocycles. The zero-order chi connectivity index (χ0) is 15.5. The summed E-state index contributed by atoms with van der Waals surface area (Å²) in [5.74, 6) is 2.04. The number of aromatic nitrogens is 3. The van der Waals surface area contributed by atoms with Crippen molar-refractivity contribution in [1.29, 1.82) is 0 Å². The third kappa shape index (κ3) is 3.28. The summed E-state index contributed by atoms with van der Waals surface area (Å²) in [6.07, 6.45) is 3.85. The zero-order valence-electron chi connectivity index (χ0n) is 13.4. The van der Waals surface area contributed by atoms with Crippen molar-refractivity contribution in [3.8, 4) is 0 Å². The summed E-state index contributed by atoms with van der Waals surface area (Å²) >= 11 is 0. The largest absolute Gasteiger partial charge is 0.369 e. The molecule has 6 nitrogen and oxygen atoms in total. The summed E-state index contributed by atoms with van der Waals surface area (Å²) < 4.78 is 7.99. The number of nitrogens with zero attached hydrogens (tertiary/aromatic N) is 5. The highest BCUT2D eigenvalue weighted by Gasteiger charge is 2.24. The SMILES string of the molecule is CN(C)c1cccc(C2CN(Cc3nccn3C)CCO2)n1. The fourth-order valence-electron chi connectivity index (χ4n) is 2.64. The van der Waals surface area contributed by atoms with Crippen molar-refractivity contribution >= 4 is 5.82 Å². The van der Waals surface area contributed by atoms with E-state index < -0.39 is 0 Å². The molecule has 1 aliphatic heterocycles. The van der Waals surface area contributed by atoms with E-state index in [2.05, 4.69) is 14.5 Å². The highest BCUT2D eigenvalue weighted by atomic mass is 16.5. The van der Waals surface area contributed by atoms with Gasteiger partial charge in [0.05, 0.1) is 18.8 Å². The van der Waals surface area contributed by atoms with Gasteiger partial charge < -0.3 is 14.2 Å². The van der Waals surface area contributed by atoms with Gasteiger partial charge >= 0.3 is 0 Å². The van der Waals surface area contributed by atoms with Crippen molar-refractivity contribution in [3.63, 3.8) is 0 Å². The Balaban J connectivity index is 1.70. The average Bonchev–Trinajstić information content (AvgIpc) is 2.93. The summed E-state index contributed by atoms with van der Waals surface area (Å²) in [6.45, 7) is 3.34. The molecule has 2 aromatic heterocycles. The summed E-state index contributed by atoms with van der Waals surface area (Å²) in [4.78, 5) is 13.5. The smallest absolute Gasteiger partial charge is 0.128 e. The molecule has 0 radical (unpaired) electrons. The van der Waals surface area contributed by atoms with Gasteiger partial charge in [-0.05, 0) is 12.1 Å². The van der Waals surface area contributed by atoms with Crippen LogP contribution < -0.4 is 4.90 Å². The lowest BCUT2D eigenvalue weighted by Gasteiger charge is -2.32. The van der Waals surface area contributed by atoms with Crippen LogP contribution in [0.5, 0.6) is 0 Å². The normalized spacial score (nSPS) is 19.3. The van der Waals surface area contributed by atoms with Gasteiger partial charge in [0.15, 0.2) is 0 Å². The van der Waals surface area contributed by atoms with Crippen molar-refractivity contribution in [1.82, 2.24) is 19.4 Å². The Bertz CT molecular complexity index is 625. The lowest BCUT2D eigenvalue weighted by molar-refractivity contribution is -0.0358. The van der Waals surface area contributed by atoms with E-state index in [1.54, 1.807) is 0 Å². The number of pyridine rings is 1. The van der Waals surface area contributed by atoms with Crippen LogP contribution in [0.25, 0.3) is 0 Å². The first-order valence-electron chi connectivity index (χ1n) is 7.58. The van der Waals surface area contributed by atoms with Gasteiger partial charge in [0.2, 0.25) is 0 Å². The quantitative estimate of drug-likeness (QED) is 0.855. The van der Waals surface area contributed by atoms with Crippen LogP contribution in [0.4, 0.5) is 5.82 Å². The molecule has 0 bridgehead atoms. The Labute approximate surface area is 131 Å². The number of hydrogen-bond acceptors (Lipinski definition) is 5. The van der Waals surface area contributed by atoms with E-state index in [0.29, 0.717) is 0 Å². The number of rotatable bonds is 4. The van der Waals surface area contributed by atoms with Crippen LogP contribution >= 0.6 is 0 Å². The molecule has 118 valence electrons. The molecule has 0 aromatic carbocycles. The van der Waals surface area contributed by atoms with Crippen molar-refractivity contribution in [2.75, 3.05) is 38.7 Å². The molecule has 6 heteroatoms. The lowest BCUT2D eigenvalue weighted by atomic mass is 10.2. The number of anilines is 1. The Hall–Kier alpha value is -1.92. The first kappa shape index (κ1) is 15.0. The van der Waals surface area contributed by atoms with Crippen LogP contribution in [0.3, 0.4) is 0 Å². The van der Waals surface area contributed by atoms with Gasteiger partial charge in [-0.3, -0.25) is 4.90 Å². The van der Waals surface area contributed by atoms with Crippen LogP contribution in [0.2, 0.25) is 0 Å². The second-order valence-corrected chi connectivity index (χ2v) is 5.86. The summed E-state index contributed by atoms with van der Waals surface area (Å²) in [5.41, 5.74) is 0.996. The molecule has 1 saturated heterocycles. The highest BCUT2D eigenvalue weighted by molar-refractivity contribution is 5.37. The van der Waals surface area contributed by atoms with E-state index in [1.807, 2.05) is 56.6 Å². The fourth-order valence-corrected chi connectivity index (χ4v) is 2.64. The number of imidazole rings is 1. The van der Waals surface area contributed by atoms with Gasteiger partial charge in [0.1, 0.15) is 17.7 Å². The average molecular weight is 301 g/mol. The molecule has 1 aliphatic rings. The predicted molar refractivity (Wildman–Crippen MR) is 85.7 cm³/mol. The molecule has 2 aromatic rings. The summed E-state index contributed by atoms with van der Waals surface area (Å²) in [5, 5.41) is 0. The predicted octanol–water partition coefficient (Wildman–Crippen LogP) is 1.45. The van der Waals surface area contributed by atoms with Gasteiger partial charge in [-0.1, -0.05) is 6.07 Å². The van der Waals surface area contributed by atoms with Crippen LogP contribution in [-0.2, 0) is 18.3 Å². The van der Waals surface area contributed by atoms with Gasteiger partial charge in [-0.15, -0.1) is 0 Å². The molecule has 1 atom stereocenters. The van der Waals surface area contributed by atoms with Gasteiger partial charge in [0, 0.05) is 46.6 Å². The van der Waals surface area contributed by atoms with Crippen LogP contribution in [0, 0.1) is 0 Å². The summed E-state index contributed by atoms with van der Waals surface area (Å²) in [6, 6.07) is 6.10. The third-order valence-corrected chi connectivity index (χ3v) is 3.98. The highest BCUT2D eigenvalue weighted by Crippen LogP contribution is 2.23. The van der Waals surface area contributed by atoms with E-state index in [1.165, 1.54) is 0 Å². The minimum atomic E-state index is 0.0221. The molecule has 1 unspecified atom stereocenters. The Kier molecular flexibility index (Phi) is 4.40. The van der Waals surface area contributed by atoms with Crippen LogP contribution in [0.15, 0.2) is 30.6 Å². The first-order chi connectivity index (χ1) is 10.6. The number of aryl methyl sites for hydroxylation is 1. The van der Waals surface area contributed by atoms with E-state index >= 15 is 0 Å². The maximum Gasteiger partial charge on any atom is 0.128 e. The van der Waals surface area contributed by atoms with Crippen molar-refractivity contribution < 1.29 is 4.74 Å². The molecule has 0 spiro atoms. The first-order valence-corrected chi connectivity index (χ1v) is 7.58. The maximum absolute atomic E-state index is 5.93. The van der Waals surface area contributed by atoms with E-state index in [9.17, 15) is 0 Å². The molecular weight excluding hydrogens is 278 g/mol. The van der Waals surface area contributed by atoms with Crippen molar-refractivity contribution in [2.45, 2.75) is 12.6 Å². The number of hydrogen-bond donors (Lipinski definition) is 0. The monoisotopic (exact) mass is 301 g/mol. The second kappa shape index (κ2) is 6.46. The van der Waals surface area contributed by atoms with E-state index in [4.69, 9.17) is 9.72 Å². The van der Waals surface area contributed by atoms with E-state index in [0.717, 1.165) is 43.6 Å². The summed E-state index contributed by atoms with van der Waals surface area (Å²) in [7, 11) is 6.03. The van der Waals surface area contributed by atoms with Crippen molar-refractivity contribution in [2.24, 2.45) is 7.05 Å². The molecule has 3 rings (SSSR count). The lowest BCUT2D eigenvalue weighted by Crippen LogP contribution is -2.38. The van der Waals surface area contributed by atoms with Gasteiger partial charge in [-0.25, -0.2) is 9.97 Å². The molecule has 3 heterocycles. The Morgan fingerprint density at radius 3 is 2.95 bits per heavy atom.